The number of carbonyl (C=O) groups excluding carboxylic acids is 1. The molecule has 0 radical (unpaired) electrons. The lowest BCUT2D eigenvalue weighted by Crippen LogP contribution is -2.49. The SMILES string of the molecule is O=C(Nc1nnc(-c2ccccn2)s1)N1CCN(Cc2cccc3cccnc23)CC1. The maximum atomic E-state index is 12.7. The first-order valence-corrected chi connectivity index (χ1v) is 10.9. The number of rotatable bonds is 4. The summed E-state index contributed by atoms with van der Waals surface area (Å²) >= 11 is 1.32. The van der Waals surface area contributed by atoms with Gasteiger partial charge in [0.15, 0.2) is 5.01 Å². The molecule has 1 aliphatic rings. The molecule has 1 aromatic carbocycles. The Labute approximate surface area is 183 Å². The lowest BCUT2D eigenvalue weighted by atomic mass is 10.1. The quantitative estimate of drug-likeness (QED) is 0.532. The minimum atomic E-state index is -0.143. The highest BCUT2D eigenvalue weighted by Crippen LogP contribution is 2.25. The van der Waals surface area contributed by atoms with Crippen LogP contribution in [0.15, 0.2) is 60.9 Å². The van der Waals surface area contributed by atoms with Crippen LogP contribution in [0, 0.1) is 0 Å². The van der Waals surface area contributed by atoms with Crippen LogP contribution in [0.2, 0.25) is 0 Å². The predicted octanol–water partition coefficient (Wildman–Crippen LogP) is 3.50. The Morgan fingerprint density at radius 1 is 0.935 bits per heavy atom. The zero-order valence-electron chi connectivity index (χ0n) is 16.8. The highest BCUT2D eigenvalue weighted by atomic mass is 32.1. The van der Waals surface area contributed by atoms with E-state index in [0.717, 1.165) is 36.2 Å². The molecule has 9 heteroatoms. The molecule has 0 spiro atoms. The maximum Gasteiger partial charge on any atom is 0.323 e. The summed E-state index contributed by atoms with van der Waals surface area (Å²) in [6, 6.07) is 15.8. The molecule has 156 valence electrons. The van der Waals surface area contributed by atoms with Crippen LogP contribution in [0.5, 0.6) is 0 Å². The van der Waals surface area contributed by atoms with Crippen molar-refractivity contribution in [3.63, 3.8) is 0 Å². The smallest absolute Gasteiger partial charge is 0.322 e. The van der Waals surface area contributed by atoms with Gasteiger partial charge in [0.05, 0.1) is 5.52 Å². The van der Waals surface area contributed by atoms with Crippen molar-refractivity contribution in [2.75, 3.05) is 31.5 Å². The summed E-state index contributed by atoms with van der Waals surface area (Å²) in [5, 5.41) is 13.4. The van der Waals surface area contributed by atoms with Crippen LogP contribution >= 0.6 is 11.3 Å². The van der Waals surface area contributed by atoms with Crippen molar-refractivity contribution in [1.29, 1.82) is 0 Å². The highest BCUT2D eigenvalue weighted by Gasteiger charge is 2.22. The normalized spacial score (nSPS) is 14.6. The molecule has 1 saturated heterocycles. The van der Waals surface area contributed by atoms with Gasteiger partial charge >= 0.3 is 6.03 Å². The molecule has 3 aromatic heterocycles. The molecule has 0 atom stereocenters. The number of fused-ring (bicyclic) bond motifs is 1. The number of para-hydroxylation sites is 1. The Hall–Kier alpha value is -3.43. The summed E-state index contributed by atoms with van der Waals surface area (Å²) in [5.74, 6) is 0. The molecule has 31 heavy (non-hydrogen) atoms. The number of nitrogens with zero attached hydrogens (tertiary/aromatic N) is 6. The average Bonchev–Trinajstić information content (AvgIpc) is 3.29. The lowest BCUT2D eigenvalue weighted by Gasteiger charge is -2.34. The zero-order chi connectivity index (χ0) is 21.0. The first-order valence-electron chi connectivity index (χ1n) is 10.1. The Morgan fingerprint density at radius 3 is 2.61 bits per heavy atom. The van der Waals surface area contributed by atoms with Gasteiger partial charge in [0.2, 0.25) is 5.13 Å². The van der Waals surface area contributed by atoms with E-state index < -0.39 is 0 Å². The van der Waals surface area contributed by atoms with Crippen LogP contribution in [-0.2, 0) is 6.54 Å². The Balaban J connectivity index is 1.17. The Morgan fingerprint density at radius 2 is 1.77 bits per heavy atom. The van der Waals surface area contributed by atoms with Crippen molar-refractivity contribution in [3.05, 3.63) is 66.5 Å². The van der Waals surface area contributed by atoms with Gasteiger partial charge in [0.25, 0.3) is 0 Å². The molecule has 1 N–H and O–H groups in total. The molecule has 0 bridgehead atoms. The van der Waals surface area contributed by atoms with Crippen LogP contribution < -0.4 is 5.32 Å². The van der Waals surface area contributed by atoms with Gasteiger partial charge < -0.3 is 4.90 Å². The number of aromatic nitrogens is 4. The van der Waals surface area contributed by atoms with Crippen molar-refractivity contribution >= 4 is 33.4 Å². The number of carbonyl (C=O) groups is 1. The van der Waals surface area contributed by atoms with Crippen molar-refractivity contribution < 1.29 is 4.79 Å². The van der Waals surface area contributed by atoms with Crippen LogP contribution in [0.3, 0.4) is 0 Å². The number of amides is 2. The molecule has 1 fully saturated rings. The molecule has 0 aliphatic carbocycles. The Kier molecular flexibility index (Phi) is 5.51. The van der Waals surface area contributed by atoms with E-state index >= 15 is 0 Å². The molecular weight excluding hydrogens is 410 g/mol. The predicted molar refractivity (Wildman–Crippen MR) is 121 cm³/mol. The molecular formula is C22H21N7OS. The van der Waals surface area contributed by atoms with Crippen molar-refractivity contribution in [3.8, 4) is 10.7 Å². The number of piperazine rings is 1. The summed E-state index contributed by atoms with van der Waals surface area (Å²) in [7, 11) is 0. The first kappa shape index (κ1) is 19.5. The van der Waals surface area contributed by atoms with Crippen LogP contribution in [0.1, 0.15) is 5.56 Å². The molecule has 0 unspecified atom stereocenters. The number of urea groups is 1. The van der Waals surface area contributed by atoms with Crippen LogP contribution in [0.4, 0.5) is 9.93 Å². The molecule has 4 aromatic rings. The molecule has 4 heterocycles. The van der Waals surface area contributed by atoms with Gasteiger partial charge in [0, 0.05) is 50.5 Å². The van der Waals surface area contributed by atoms with E-state index in [1.54, 1.807) is 6.20 Å². The molecule has 0 saturated carbocycles. The second-order valence-electron chi connectivity index (χ2n) is 7.31. The molecule has 5 rings (SSSR count). The summed E-state index contributed by atoms with van der Waals surface area (Å²) < 4.78 is 0. The molecule has 1 aliphatic heterocycles. The van der Waals surface area contributed by atoms with Gasteiger partial charge in [-0.05, 0) is 23.8 Å². The third-order valence-electron chi connectivity index (χ3n) is 5.29. The summed E-state index contributed by atoms with van der Waals surface area (Å²) in [5.41, 5.74) is 3.01. The van der Waals surface area contributed by atoms with Crippen molar-refractivity contribution in [1.82, 2.24) is 30.0 Å². The van der Waals surface area contributed by atoms with Gasteiger partial charge in [-0.3, -0.25) is 20.2 Å². The minimum absolute atomic E-state index is 0.143. The first-order chi connectivity index (χ1) is 15.3. The summed E-state index contributed by atoms with van der Waals surface area (Å²) in [4.78, 5) is 25.7. The lowest BCUT2D eigenvalue weighted by molar-refractivity contribution is 0.143. The van der Waals surface area contributed by atoms with E-state index in [1.165, 1.54) is 16.9 Å². The second-order valence-corrected chi connectivity index (χ2v) is 8.29. The van der Waals surface area contributed by atoms with Crippen molar-refractivity contribution in [2.45, 2.75) is 6.54 Å². The Bertz CT molecular complexity index is 1180. The molecule has 8 nitrogen and oxygen atoms in total. The standard InChI is InChI=1S/C22H21N7OS/c30-22(25-21-27-26-20(31-21)18-8-1-2-9-23-18)29-13-11-28(12-14-29)15-17-6-3-5-16-7-4-10-24-19(16)17/h1-10H,11-15H2,(H,25,27,30). The van der Waals surface area contributed by atoms with E-state index in [1.807, 2.05) is 35.4 Å². The second kappa shape index (κ2) is 8.75. The van der Waals surface area contributed by atoms with E-state index in [0.29, 0.717) is 23.2 Å². The number of hydrogen-bond acceptors (Lipinski definition) is 7. The fourth-order valence-electron chi connectivity index (χ4n) is 3.68. The largest absolute Gasteiger partial charge is 0.323 e. The highest BCUT2D eigenvalue weighted by molar-refractivity contribution is 7.18. The number of nitrogens with one attached hydrogen (secondary N) is 1. The van der Waals surface area contributed by atoms with E-state index in [9.17, 15) is 4.79 Å². The number of benzene rings is 1. The number of hydrogen-bond donors (Lipinski definition) is 1. The maximum absolute atomic E-state index is 12.7. The zero-order valence-corrected chi connectivity index (χ0v) is 17.6. The van der Waals surface area contributed by atoms with E-state index in [4.69, 9.17) is 0 Å². The van der Waals surface area contributed by atoms with Gasteiger partial charge in [-0.15, -0.1) is 10.2 Å². The molecule has 2 amide bonds. The van der Waals surface area contributed by atoms with Crippen molar-refractivity contribution in [2.24, 2.45) is 0 Å². The minimum Gasteiger partial charge on any atom is -0.322 e. The fraction of sp³-hybridized carbons (Fsp3) is 0.227. The van der Waals surface area contributed by atoms with Crippen LogP contribution in [-0.4, -0.2) is 62.2 Å². The summed E-state index contributed by atoms with van der Waals surface area (Å²) in [6.45, 7) is 3.78. The monoisotopic (exact) mass is 431 g/mol. The third-order valence-corrected chi connectivity index (χ3v) is 6.15. The fourth-order valence-corrected chi connectivity index (χ4v) is 4.39. The van der Waals surface area contributed by atoms with Gasteiger partial charge in [-0.1, -0.05) is 41.7 Å². The number of pyridine rings is 2. The third kappa shape index (κ3) is 4.37. The van der Waals surface area contributed by atoms with E-state index in [2.05, 4.69) is 54.6 Å². The number of anilines is 1. The average molecular weight is 432 g/mol. The van der Waals surface area contributed by atoms with Gasteiger partial charge in [-0.2, -0.15) is 0 Å². The van der Waals surface area contributed by atoms with Gasteiger partial charge in [-0.25, -0.2) is 4.79 Å². The van der Waals surface area contributed by atoms with E-state index in [-0.39, 0.29) is 6.03 Å². The summed E-state index contributed by atoms with van der Waals surface area (Å²) in [6.07, 6.45) is 3.55. The topological polar surface area (TPSA) is 87.1 Å². The van der Waals surface area contributed by atoms with Gasteiger partial charge in [0.1, 0.15) is 5.69 Å². The van der Waals surface area contributed by atoms with Crippen LogP contribution in [0.25, 0.3) is 21.6 Å².